The SMILES string of the molecule is O=C1C=C(c2nc3ccc(C(F)(F)F)cc3[nH]2)C2=C(C1)Cc1ccccc12. The second kappa shape index (κ2) is 5.42. The number of nitrogens with one attached hydrogen (secondary N) is 1. The normalized spacial score (nSPS) is 16.6. The van der Waals surface area contributed by atoms with Crippen LogP contribution < -0.4 is 0 Å². The average Bonchev–Trinajstić information content (AvgIpc) is 3.20. The maximum Gasteiger partial charge on any atom is 0.416 e. The van der Waals surface area contributed by atoms with E-state index in [1.165, 1.54) is 6.07 Å². The van der Waals surface area contributed by atoms with Crippen molar-refractivity contribution in [2.75, 3.05) is 0 Å². The molecule has 0 spiro atoms. The Hall–Kier alpha value is -3.15. The van der Waals surface area contributed by atoms with Gasteiger partial charge in [0.25, 0.3) is 0 Å². The lowest BCUT2D eigenvalue weighted by Gasteiger charge is -2.15. The van der Waals surface area contributed by atoms with E-state index >= 15 is 0 Å². The van der Waals surface area contributed by atoms with Gasteiger partial charge in [0.1, 0.15) is 5.82 Å². The molecule has 0 saturated heterocycles. The van der Waals surface area contributed by atoms with Crippen molar-refractivity contribution in [2.24, 2.45) is 0 Å². The van der Waals surface area contributed by atoms with Gasteiger partial charge in [0, 0.05) is 12.0 Å². The zero-order valence-corrected chi connectivity index (χ0v) is 14.0. The van der Waals surface area contributed by atoms with Gasteiger partial charge < -0.3 is 4.98 Å². The van der Waals surface area contributed by atoms with Gasteiger partial charge in [0.2, 0.25) is 0 Å². The number of hydrogen-bond acceptors (Lipinski definition) is 2. The number of nitrogens with zero attached hydrogens (tertiary/aromatic N) is 1. The number of carbonyl (C=O) groups excluding carboxylic acids is 1. The van der Waals surface area contributed by atoms with Crippen LogP contribution >= 0.6 is 0 Å². The summed E-state index contributed by atoms with van der Waals surface area (Å²) in [5.41, 5.74) is 4.87. The zero-order chi connectivity index (χ0) is 18.8. The van der Waals surface area contributed by atoms with E-state index in [-0.39, 0.29) is 5.78 Å². The lowest BCUT2D eigenvalue weighted by Crippen LogP contribution is -2.06. The Morgan fingerprint density at radius 1 is 1.04 bits per heavy atom. The van der Waals surface area contributed by atoms with E-state index in [1.807, 2.05) is 24.3 Å². The molecule has 0 bridgehead atoms. The fourth-order valence-electron chi connectivity index (χ4n) is 3.91. The first-order valence-corrected chi connectivity index (χ1v) is 8.53. The van der Waals surface area contributed by atoms with Gasteiger partial charge in [-0.3, -0.25) is 4.79 Å². The third kappa shape index (κ3) is 2.51. The molecule has 27 heavy (non-hydrogen) atoms. The highest BCUT2D eigenvalue weighted by atomic mass is 19.4. The van der Waals surface area contributed by atoms with Crippen LogP contribution in [0, 0.1) is 0 Å². The monoisotopic (exact) mass is 366 g/mol. The third-order valence-corrected chi connectivity index (χ3v) is 5.07. The molecule has 2 aliphatic rings. The molecule has 0 radical (unpaired) electrons. The number of benzene rings is 2. The van der Waals surface area contributed by atoms with Crippen LogP contribution in [-0.2, 0) is 17.4 Å². The number of rotatable bonds is 1. The lowest BCUT2D eigenvalue weighted by molar-refractivity contribution is -0.137. The minimum Gasteiger partial charge on any atom is -0.338 e. The number of halogens is 3. The van der Waals surface area contributed by atoms with E-state index in [2.05, 4.69) is 9.97 Å². The topological polar surface area (TPSA) is 45.8 Å². The molecule has 6 heteroatoms. The highest BCUT2D eigenvalue weighted by Crippen LogP contribution is 2.45. The van der Waals surface area contributed by atoms with Gasteiger partial charge in [-0.2, -0.15) is 13.2 Å². The van der Waals surface area contributed by atoms with E-state index in [9.17, 15) is 18.0 Å². The number of fused-ring (bicyclic) bond motifs is 3. The molecule has 1 aromatic heterocycles. The maximum atomic E-state index is 13.0. The molecule has 3 nitrogen and oxygen atoms in total. The van der Waals surface area contributed by atoms with Gasteiger partial charge >= 0.3 is 6.18 Å². The summed E-state index contributed by atoms with van der Waals surface area (Å²) < 4.78 is 38.9. The fraction of sp³-hybridized carbons (Fsp3) is 0.143. The van der Waals surface area contributed by atoms with Gasteiger partial charge in [0.15, 0.2) is 5.78 Å². The first-order chi connectivity index (χ1) is 12.9. The van der Waals surface area contributed by atoms with Gasteiger partial charge in [-0.25, -0.2) is 4.98 Å². The molecule has 0 atom stereocenters. The molecule has 0 amide bonds. The summed E-state index contributed by atoms with van der Waals surface area (Å²) in [6, 6.07) is 11.4. The van der Waals surface area contributed by atoms with Crippen LogP contribution in [0.3, 0.4) is 0 Å². The summed E-state index contributed by atoms with van der Waals surface area (Å²) in [5.74, 6) is 0.398. The first-order valence-electron chi connectivity index (χ1n) is 8.53. The number of ketones is 1. The summed E-state index contributed by atoms with van der Waals surface area (Å²) in [6.45, 7) is 0. The minimum absolute atomic E-state index is 0.0204. The zero-order valence-electron chi connectivity index (χ0n) is 14.0. The van der Waals surface area contributed by atoms with Crippen molar-refractivity contribution in [3.63, 3.8) is 0 Å². The molecule has 3 aromatic rings. The molecule has 1 N–H and O–H groups in total. The van der Waals surface area contributed by atoms with Crippen LogP contribution in [0.2, 0.25) is 0 Å². The summed E-state index contributed by atoms with van der Waals surface area (Å²) in [4.78, 5) is 19.7. The highest BCUT2D eigenvalue weighted by Gasteiger charge is 2.32. The largest absolute Gasteiger partial charge is 0.416 e. The first kappa shape index (κ1) is 16.1. The second-order valence-electron chi connectivity index (χ2n) is 6.83. The molecule has 0 unspecified atom stereocenters. The summed E-state index contributed by atoms with van der Waals surface area (Å²) in [5, 5.41) is 0. The molecule has 0 fully saturated rings. The van der Waals surface area contributed by atoms with Crippen molar-refractivity contribution >= 4 is 28.0 Å². The van der Waals surface area contributed by atoms with Gasteiger partial charge in [-0.15, -0.1) is 0 Å². The number of allylic oxidation sites excluding steroid dienone is 4. The van der Waals surface area contributed by atoms with Crippen molar-refractivity contribution in [1.29, 1.82) is 0 Å². The van der Waals surface area contributed by atoms with Crippen LogP contribution in [0.1, 0.15) is 28.9 Å². The van der Waals surface area contributed by atoms with Crippen molar-refractivity contribution in [1.82, 2.24) is 9.97 Å². The van der Waals surface area contributed by atoms with Crippen molar-refractivity contribution in [2.45, 2.75) is 19.0 Å². The molecular weight excluding hydrogens is 353 g/mol. The Morgan fingerprint density at radius 3 is 2.67 bits per heavy atom. The summed E-state index contributed by atoms with van der Waals surface area (Å²) in [7, 11) is 0. The number of aromatic nitrogens is 2. The number of H-pyrrole nitrogens is 1. The number of imidazole rings is 1. The Kier molecular flexibility index (Phi) is 3.22. The van der Waals surface area contributed by atoms with Crippen LogP contribution in [0.4, 0.5) is 13.2 Å². The standard InChI is InChI=1S/C21H13F3N2O/c22-21(23,24)13-5-6-17-18(9-13)26-20(25-17)16-10-14(27)8-12-7-11-3-1-2-4-15(11)19(12)16/h1-6,9-10H,7-8H2,(H,25,26). The highest BCUT2D eigenvalue weighted by molar-refractivity contribution is 6.18. The minimum atomic E-state index is -4.42. The maximum absolute atomic E-state index is 13.0. The number of aromatic amines is 1. The van der Waals surface area contributed by atoms with E-state index in [1.54, 1.807) is 6.08 Å². The molecule has 5 rings (SSSR count). The van der Waals surface area contributed by atoms with E-state index in [0.717, 1.165) is 34.4 Å². The van der Waals surface area contributed by atoms with Crippen LogP contribution in [-0.4, -0.2) is 15.8 Å². The van der Waals surface area contributed by atoms with Gasteiger partial charge in [-0.1, -0.05) is 24.3 Å². The quantitative estimate of drug-likeness (QED) is 0.662. The predicted molar refractivity (Wildman–Crippen MR) is 95.8 cm³/mol. The van der Waals surface area contributed by atoms with Crippen LogP contribution in [0.15, 0.2) is 54.1 Å². The number of carbonyl (C=O) groups is 1. The smallest absolute Gasteiger partial charge is 0.338 e. The van der Waals surface area contributed by atoms with Crippen LogP contribution in [0.25, 0.3) is 22.2 Å². The second-order valence-corrected chi connectivity index (χ2v) is 6.83. The van der Waals surface area contributed by atoms with Crippen molar-refractivity contribution in [3.8, 4) is 0 Å². The van der Waals surface area contributed by atoms with Crippen molar-refractivity contribution < 1.29 is 18.0 Å². The molecule has 2 aromatic carbocycles. The number of hydrogen-bond donors (Lipinski definition) is 1. The van der Waals surface area contributed by atoms with E-state index < -0.39 is 11.7 Å². The Labute approximate surface area is 152 Å². The third-order valence-electron chi connectivity index (χ3n) is 5.07. The number of alkyl halides is 3. The fourth-order valence-corrected chi connectivity index (χ4v) is 3.91. The Balaban J connectivity index is 1.66. The molecule has 0 aliphatic heterocycles. The Bertz CT molecular complexity index is 1180. The predicted octanol–water partition coefficient (Wildman–Crippen LogP) is 4.95. The van der Waals surface area contributed by atoms with Crippen molar-refractivity contribution in [3.05, 3.63) is 76.6 Å². The average molecular weight is 366 g/mol. The lowest BCUT2D eigenvalue weighted by atomic mass is 9.89. The summed E-state index contributed by atoms with van der Waals surface area (Å²) in [6.07, 6.45) is -1.79. The summed E-state index contributed by atoms with van der Waals surface area (Å²) >= 11 is 0. The van der Waals surface area contributed by atoms with E-state index in [4.69, 9.17) is 0 Å². The Morgan fingerprint density at radius 2 is 1.85 bits per heavy atom. The van der Waals surface area contributed by atoms with Crippen LogP contribution in [0.5, 0.6) is 0 Å². The molecule has 2 aliphatic carbocycles. The molecule has 0 saturated carbocycles. The van der Waals surface area contributed by atoms with E-state index in [0.29, 0.717) is 35.3 Å². The van der Waals surface area contributed by atoms with Gasteiger partial charge in [-0.05, 0) is 53.0 Å². The van der Waals surface area contributed by atoms with Gasteiger partial charge in [0.05, 0.1) is 16.6 Å². The molecular formula is C21H13F3N2O. The molecule has 1 heterocycles. The molecule has 134 valence electrons.